The first-order chi connectivity index (χ1) is 10.3. The summed E-state index contributed by atoms with van der Waals surface area (Å²) in [5.74, 6) is -1.31. The number of H-pyrrole nitrogens is 1. The normalized spacial score (nSPS) is 10.3. The molecule has 1 heterocycles. The van der Waals surface area contributed by atoms with E-state index in [1.165, 1.54) is 12.1 Å². The van der Waals surface area contributed by atoms with Crippen molar-refractivity contribution in [2.24, 2.45) is 0 Å². The van der Waals surface area contributed by atoms with E-state index in [0.29, 0.717) is 0 Å². The van der Waals surface area contributed by atoms with Gasteiger partial charge in [0.05, 0.1) is 15.6 Å². The van der Waals surface area contributed by atoms with Crippen molar-refractivity contribution in [1.29, 1.82) is 0 Å². The number of halogens is 2. The van der Waals surface area contributed by atoms with Gasteiger partial charge in [0, 0.05) is 12.1 Å². The number of rotatable bonds is 4. The molecule has 1 aromatic heterocycles. The van der Waals surface area contributed by atoms with Crippen LogP contribution < -0.4 is 5.32 Å². The largest absolute Gasteiger partial charge is 0.358 e. The number of benzene rings is 1. The Labute approximate surface area is 134 Å². The lowest BCUT2D eigenvalue weighted by molar-refractivity contribution is -0.390. The molecule has 1 aromatic carbocycles. The van der Waals surface area contributed by atoms with Gasteiger partial charge in [-0.1, -0.05) is 16.7 Å². The van der Waals surface area contributed by atoms with Crippen LogP contribution >= 0.6 is 27.5 Å². The molecule has 0 radical (unpaired) electrons. The Bertz CT molecular complexity index is 792. The summed E-state index contributed by atoms with van der Waals surface area (Å²) >= 11 is 8.73. The fourth-order valence-corrected chi connectivity index (χ4v) is 2.16. The van der Waals surface area contributed by atoms with E-state index in [9.17, 15) is 25.0 Å². The second-order valence-electron chi connectivity index (χ2n) is 3.87. The topological polar surface area (TPSA) is 144 Å². The van der Waals surface area contributed by atoms with Crippen LogP contribution in [0.25, 0.3) is 0 Å². The van der Waals surface area contributed by atoms with Gasteiger partial charge in [-0.25, -0.2) is 0 Å². The summed E-state index contributed by atoms with van der Waals surface area (Å²) in [6.45, 7) is 0. The van der Waals surface area contributed by atoms with Crippen LogP contribution in [0.5, 0.6) is 0 Å². The van der Waals surface area contributed by atoms with Gasteiger partial charge < -0.3 is 15.4 Å². The van der Waals surface area contributed by atoms with E-state index < -0.39 is 21.6 Å². The summed E-state index contributed by atoms with van der Waals surface area (Å²) in [5.41, 5.74) is -0.570. The summed E-state index contributed by atoms with van der Waals surface area (Å²) in [6.07, 6.45) is 0. The molecule has 12 heteroatoms. The summed E-state index contributed by atoms with van der Waals surface area (Å²) in [7, 11) is 0. The van der Waals surface area contributed by atoms with Crippen molar-refractivity contribution in [1.82, 2.24) is 10.2 Å². The molecule has 0 atom stereocenters. The van der Waals surface area contributed by atoms with Crippen LogP contribution in [0, 0.1) is 20.2 Å². The number of hydrogen-bond acceptors (Lipinski definition) is 6. The highest BCUT2D eigenvalue weighted by molar-refractivity contribution is 9.10. The molecule has 114 valence electrons. The van der Waals surface area contributed by atoms with Crippen LogP contribution in [-0.2, 0) is 0 Å². The van der Waals surface area contributed by atoms with Crippen LogP contribution in [0.2, 0.25) is 5.02 Å². The predicted molar refractivity (Wildman–Crippen MR) is 79.0 cm³/mol. The SMILES string of the molecule is O=C(Nc1cc([N+](=O)[O-])ccc1Cl)c1n[nH]c([N+](=O)[O-])c1Br. The zero-order valence-electron chi connectivity index (χ0n) is 10.4. The molecule has 0 aliphatic rings. The molecule has 0 unspecified atom stereocenters. The van der Waals surface area contributed by atoms with Gasteiger partial charge in [-0.15, -0.1) is 5.10 Å². The third-order valence-electron chi connectivity index (χ3n) is 2.50. The van der Waals surface area contributed by atoms with Crippen molar-refractivity contribution in [2.75, 3.05) is 5.32 Å². The van der Waals surface area contributed by atoms with Crippen molar-refractivity contribution in [3.63, 3.8) is 0 Å². The first kappa shape index (κ1) is 15.9. The smallest absolute Gasteiger partial charge is 0.357 e. The monoisotopic (exact) mass is 389 g/mol. The molecule has 2 rings (SSSR count). The van der Waals surface area contributed by atoms with Gasteiger partial charge in [0.1, 0.15) is 4.47 Å². The number of aromatic amines is 1. The molecule has 0 fully saturated rings. The maximum absolute atomic E-state index is 12.0. The van der Waals surface area contributed by atoms with Crippen LogP contribution in [0.1, 0.15) is 10.5 Å². The number of hydrogen-bond donors (Lipinski definition) is 2. The quantitative estimate of drug-likeness (QED) is 0.606. The van der Waals surface area contributed by atoms with E-state index in [-0.39, 0.29) is 26.6 Å². The number of anilines is 1. The predicted octanol–water partition coefficient (Wildman–Crippen LogP) is 2.89. The Balaban J connectivity index is 2.31. The second kappa shape index (κ2) is 6.07. The van der Waals surface area contributed by atoms with Crippen molar-refractivity contribution < 1.29 is 14.6 Å². The molecule has 0 spiro atoms. The number of carbonyl (C=O) groups is 1. The zero-order valence-corrected chi connectivity index (χ0v) is 12.7. The van der Waals surface area contributed by atoms with Gasteiger partial charge in [0.2, 0.25) is 0 Å². The van der Waals surface area contributed by atoms with E-state index in [4.69, 9.17) is 11.6 Å². The molecule has 0 bridgehead atoms. The molecule has 10 nitrogen and oxygen atoms in total. The summed E-state index contributed by atoms with van der Waals surface area (Å²) in [4.78, 5) is 32.0. The first-order valence-corrected chi connectivity index (χ1v) is 6.62. The van der Waals surface area contributed by atoms with Crippen LogP contribution in [0.3, 0.4) is 0 Å². The van der Waals surface area contributed by atoms with Gasteiger partial charge in [-0.3, -0.25) is 14.9 Å². The van der Waals surface area contributed by atoms with Crippen molar-refractivity contribution in [3.05, 3.63) is 53.6 Å². The van der Waals surface area contributed by atoms with Gasteiger partial charge >= 0.3 is 5.82 Å². The minimum atomic E-state index is -0.821. The molecule has 0 aliphatic heterocycles. The number of nitrogens with one attached hydrogen (secondary N) is 2. The second-order valence-corrected chi connectivity index (χ2v) is 5.07. The Morgan fingerprint density at radius 1 is 1.32 bits per heavy atom. The number of non-ortho nitro benzene ring substituents is 1. The lowest BCUT2D eigenvalue weighted by Crippen LogP contribution is -2.13. The molecule has 1 amide bonds. The van der Waals surface area contributed by atoms with Crippen molar-refractivity contribution >= 4 is 50.6 Å². The summed E-state index contributed by atoms with van der Waals surface area (Å²) in [6, 6.07) is 3.49. The number of nitro benzene ring substituents is 1. The Hall–Kier alpha value is -2.53. The maximum Gasteiger partial charge on any atom is 0.357 e. The van der Waals surface area contributed by atoms with Crippen molar-refractivity contribution in [3.8, 4) is 0 Å². The van der Waals surface area contributed by atoms with Gasteiger partial charge in [-0.05, 0) is 26.9 Å². The minimum Gasteiger partial charge on any atom is -0.358 e. The maximum atomic E-state index is 12.0. The van der Waals surface area contributed by atoms with Gasteiger partial charge in [0.25, 0.3) is 11.6 Å². The van der Waals surface area contributed by atoms with E-state index in [1.54, 1.807) is 0 Å². The molecule has 0 aliphatic carbocycles. The third-order valence-corrected chi connectivity index (χ3v) is 3.58. The van der Waals surface area contributed by atoms with E-state index >= 15 is 0 Å². The standard InChI is InChI=1S/C10H5BrClN5O5/c11-7-8(14-15-9(7)17(21)22)10(18)13-6-3-4(16(19)20)1-2-5(6)12/h1-3H,(H,13,18)(H,14,15). The number of nitro groups is 2. The molecular formula is C10H5BrClN5O5. The van der Waals surface area contributed by atoms with Gasteiger partial charge in [0.15, 0.2) is 5.69 Å². The number of amides is 1. The Morgan fingerprint density at radius 2 is 2.00 bits per heavy atom. The highest BCUT2D eigenvalue weighted by Crippen LogP contribution is 2.29. The average Bonchev–Trinajstić information content (AvgIpc) is 2.83. The molecule has 2 aromatic rings. The van der Waals surface area contributed by atoms with E-state index in [0.717, 1.165) is 6.07 Å². The lowest BCUT2D eigenvalue weighted by Gasteiger charge is -2.05. The zero-order chi connectivity index (χ0) is 16.4. The van der Waals surface area contributed by atoms with Crippen LogP contribution in [0.15, 0.2) is 22.7 Å². The van der Waals surface area contributed by atoms with E-state index in [2.05, 4.69) is 31.4 Å². The van der Waals surface area contributed by atoms with Crippen molar-refractivity contribution in [2.45, 2.75) is 0 Å². The Morgan fingerprint density at radius 3 is 2.55 bits per heavy atom. The molecule has 0 saturated carbocycles. The fraction of sp³-hybridized carbons (Fsp3) is 0. The fourth-order valence-electron chi connectivity index (χ4n) is 1.49. The number of aromatic nitrogens is 2. The average molecular weight is 391 g/mol. The summed E-state index contributed by atoms with van der Waals surface area (Å²) in [5, 5.41) is 29.3. The number of carbonyl (C=O) groups excluding carboxylic acids is 1. The Kier molecular flexibility index (Phi) is 4.37. The highest BCUT2D eigenvalue weighted by Gasteiger charge is 2.25. The molecular weight excluding hydrogens is 385 g/mol. The molecule has 0 saturated heterocycles. The lowest BCUT2D eigenvalue weighted by atomic mass is 10.2. The van der Waals surface area contributed by atoms with Crippen LogP contribution in [-0.4, -0.2) is 26.0 Å². The third kappa shape index (κ3) is 3.04. The molecule has 22 heavy (non-hydrogen) atoms. The van der Waals surface area contributed by atoms with Gasteiger partial charge in [-0.2, -0.15) is 0 Å². The highest BCUT2D eigenvalue weighted by atomic mass is 79.9. The first-order valence-electron chi connectivity index (χ1n) is 5.44. The summed E-state index contributed by atoms with van der Waals surface area (Å²) < 4.78 is -0.142. The van der Waals surface area contributed by atoms with Crippen LogP contribution in [0.4, 0.5) is 17.2 Å². The molecule has 2 N–H and O–H groups in total. The minimum absolute atomic E-state index is 0.0154. The van der Waals surface area contributed by atoms with E-state index in [1.807, 2.05) is 0 Å². The number of nitrogens with zero attached hydrogens (tertiary/aromatic N) is 3.